The van der Waals surface area contributed by atoms with Crippen molar-refractivity contribution < 1.29 is 4.99 Å². The lowest BCUT2D eigenvalue weighted by atomic mass is 9.67. The van der Waals surface area contributed by atoms with Crippen molar-refractivity contribution in [1.82, 2.24) is 0 Å². The molecule has 1 unspecified atom stereocenters. The lowest BCUT2D eigenvalue weighted by Crippen LogP contribution is -2.68. The zero-order chi connectivity index (χ0) is 16.4. The molecule has 4 aliphatic rings. The van der Waals surface area contributed by atoms with Gasteiger partial charge in [-0.15, -0.1) is 0 Å². The van der Waals surface area contributed by atoms with Gasteiger partial charge in [-0.1, -0.05) is 66.8 Å². The maximum atomic E-state index is 3.71. The highest BCUT2D eigenvalue weighted by molar-refractivity contribution is 6.31. The number of hydrogen-bond donors (Lipinski definition) is 1. The third-order valence-corrected chi connectivity index (χ3v) is 5.69. The average molecular weight is 318 g/mol. The van der Waals surface area contributed by atoms with E-state index >= 15 is 0 Å². The van der Waals surface area contributed by atoms with Gasteiger partial charge in [-0.3, -0.25) is 0 Å². The molecular weight excluding hydrogens is 302 g/mol. The van der Waals surface area contributed by atoms with Crippen LogP contribution in [0, 0.1) is 5.41 Å². The van der Waals surface area contributed by atoms with Gasteiger partial charge in [0.2, 0.25) is 11.4 Å². The van der Waals surface area contributed by atoms with Crippen molar-refractivity contribution in [3.8, 4) is 0 Å². The molecule has 1 spiro atoms. The van der Waals surface area contributed by atoms with E-state index in [1.807, 2.05) is 0 Å². The molecule has 1 heterocycles. The molecule has 0 amide bonds. The molecule has 3 aliphatic carbocycles. The molecule has 1 N–H and O–H groups in total. The van der Waals surface area contributed by atoms with Crippen LogP contribution in [0.1, 0.15) is 16.7 Å². The fraction of sp³-hybridized carbons (Fsp3) is 0.0417. The van der Waals surface area contributed by atoms with E-state index in [0.29, 0.717) is 0 Å². The number of hydrogen-bond acceptors (Lipinski definition) is 0. The van der Waals surface area contributed by atoms with Gasteiger partial charge in [0.05, 0.1) is 11.1 Å². The van der Waals surface area contributed by atoms with Crippen molar-refractivity contribution in [1.29, 1.82) is 0 Å². The SMILES string of the molecule is C1=CC2(C=CC=C3C2=[NH+]c2ccccc23)C2=Cc3ccccc3C2=C1. The second-order valence-electron chi connectivity index (χ2n) is 6.94. The van der Waals surface area contributed by atoms with Crippen LogP contribution in [0.3, 0.4) is 0 Å². The Morgan fingerprint density at radius 1 is 0.720 bits per heavy atom. The summed E-state index contributed by atoms with van der Waals surface area (Å²) in [4.78, 5) is 3.71. The minimum Gasteiger partial charge on any atom is -0.207 e. The first-order valence-corrected chi connectivity index (χ1v) is 8.72. The molecule has 2 aromatic rings. The van der Waals surface area contributed by atoms with Gasteiger partial charge >= 0.3 is 0 Å². The Hall–Kier alpha value is -3.19. The van der Waals surface area contributed by atoms with Crippen molar-refractivity contribution in [3.63, 3.8) is 0 Å². The smallest absolute Gasteiger partial charge is 0.207 e. The van der Waals surface area contributed by atoms with Gasteiger partial charge in [0.15, 0.2) is 0 Å². The summed E-state index contributed by atoms with van der Waals surface area (Å²) >= 11 is 0. The van der Waals surface area contributed by atoms with E-state index in [1.54, 1.807) is 0 Å². The monoisotopic (exact) mass is 318 g/mol. The molecular formula is C24H16N+. The summed E-state index contributed by atoms with van der Waals surface area (Å²) in [6.07, 6.45) is 15.9. The fourth-order valence-electron chi connectivity index (χ4n) is 4.56. The number of benzene rings is 2. The van der Waals surface area contributed by atoms with Gasteiger partial charge in [-0.05, 0) is 40.5 Å². The Morgan fingerprint density at radius 3 is 2.32 bits per heavy atom. The van der Waals surface area contributed by atoms with Gasteiger partial charge in [0.1, 0.15) is 5.41 Å². The zero-order valence-corrected chi connectivity index (χ0v) is 13.7. The summed E-state index contributed by atoms with van der Waals surface area (Å²) in [5.74, 6) is 0. The van der Waals surface area contributed by atoms with E-state index in [0.717, 1.165) is 0 Å². The Labute approximate surface area is 146 Å². The van der Waals surface area contributed by atoms with Crippen molar-refractivity contribution in [3.05, 3.63) is 107 Å². The lowest BCUT2D eigenvalue weighted by Gasteiger charge is -2.31. The average Bonchev–Trinajstić information content (AvgIpc) is 3.23. The van der Waals surface area contributed by atoms with Crippen molar-refractivity contribution >= 4 is 28.6 Å². The number of nitrogens with one attached hydrogen (secondary N) is 1. The van der Waals surface area contributed by atoms with Gasteiger partial charge in [0.25, 0.3) is 0 Å². The van der Waals surface area contributed by atoms with Crippen LogP contribution in [0.2, 0.25) is 0 Å². The van der Waals surface area contributed by atoms with Crippen LogP contribution in [0.4, 0.5) is 5.69 Å². The summed E-state index contributed by atoms with van der Waals surface area (Å²) in [6.45, 7) is 0. The molecule has 0 fully saturated rings. The van der Waals surface area contributed by atoms with Crippen molar-refractivity contribution in [2.24, 2.45) is 5.41 Å². The minimum absolute atomic E-state index is 0.216. The summed E-state index contributed by atoms with van der Waals surface area (Å²) in [5, 5.41) is 0. The molecule has 0 radical (unpaired) electrons. The molecule has 25 heavy (non-hydrogen) atoms. The largest absolute Gasteiger partial charge is 0.211 e. The van der Waals surface area contributed by atoms with E-state index in [9.17, 15) is 0 Å². The first-order chi connectivity index (χ1) is 12.4. The molecule has 6 rings (SSSR count). The third kappa shape index (κ3) is 1.56. The van der Waals surface area contributed by atoms with E-state index in [2.05, 4.69) is 96.1 Å². The highest BCUT2D eigenvalue weighted by atomic mass is 14.8. The van der Waals surface area contributed by atoms with Gasteiger partial charge < -0.3 is 0 Å². The minimum atomic E-state index is -0.216. The second kappa shape index (κ2) is 4.46. The highest BCUT2D eigenvalue weighted by Gasteiger charge is 2.49. The maximum absolute atomic E-state index is 3.71. The molecule has 1 aliphatic heterocycles. The second-order valence-corrected chi connectivity index (χ2v) is 6.94. The normalized spacial score (nSPS) is 24.0. The predicted octanol–water partition coefficient (Wildman–Crippen LogP) is 3.84. The number of rotatable bonds is 0. The summed E-state index contributed by atoms with van der Waals surface area (Å²) in [5.41, 5.74) is 10.2. The molecule has 0 saturated carbocycles. The summed E-state index contributed by atoms with van der Waals surface area (Å²) < 4.78 is 0. The van der Waals surface area contributed by atoms with E-state index in [1.165, 1.54) is 44.8 Å². The highest BCUT2D eigenvalue weighted by Crippen LogP contribution is 2.52. The Morgan fingerprint density at radius 2 is 1.44 bits per heavy atom. The van der Waals surface area contributed by atoms with Crippen LogP contribution in [0.25, 0.3) is 17.2 Å². The Bertz CT molecular complexity index is 1040. The topological polar surface area (TPSA) is 14.0 Å². The van der Waals surface area contributed by atoms with Gasteiger partial charge in [0, 0.05) is 6.07 Å². The summed E-state index contributed by atoms with van der Waals surface area (Å²) in [7, 11) is 0. The van der Waals surface area contributed by atoms with Crippen molar-refractivity contribution in [2.75, 3.05) is 0 Å². The van der Waals surface area contributed by atoms with Crippen LogP contribution in [0.15, 0.2) is 90.6 Å². The number of fused-ring (bicyclic) bond motifs is 8. The first kappa shape index (κ1) is 13.1. The first-order valence-electron chi connectivity index (χ1n) is 8.72. The quantitative estimate of drug-likeness (QED) is 0.758. The molecule has 0 aromatic heterocycles. The van der Waals surface area contributed by atoms with Crippen LogP contribution in [0.5, 0.6) is 0 Å². The van der Waals surface area contributed by atoms with Crippen LogP contribution in [-0.2, 0) is 0 Å². The lowest BCUT2D eigenvalue weighted by molar-refractivity contribution is -0.352. The molecule has 0 saturated heterocycles. The zero-order valence-electron chi connectivity index (χ0n) is 13.7. The maximum Gasteiger partial charge on any atom is 0.211 e. The molecule has 1 heteroatoms. The number of para-hydroxylation sites is 1. The molecule has 1 nitrogen and oxygen atoms in total. The van der Waals surface area contributed by atoms with E-state index in [4.69, 9.17) is 0 Å². The standard InChI is InChI=1S/C24H15N/c1-2-8-17-16(7-1)15-21-18(17)10-5-13-24(21)14-6-11-20-19-9-3-4-12-22(19)25-23(20)24/h1-15H/p+1. The third-order valence-electron chi connectivity index (χ3n) is 5.69. The Balaban J connectivity index is 1.60. The number of allylic oxidation sites excluding steroid dienone is 9. The van der Waals surface area contributed by atoms with E-state index < -0.39 is 0 Å². The van der Waals surface area contributed by atoms with E-state index in [-0.39, 0.29) is 5.41 Å². The van der Waals surface area contributed by atoms with Gasteiger partial charge in [-0.25, -0.2) is 4.99 Å². The summed E-state index contributed by atoms with van der Waals surface area (Å²) in [6, 6.07) is 17.2. The molecule has 0 bridgehead atoms. The van der Waals surface area contributed by atoms with Crippen LogP contribution in [-0.4, -0.2) is 5.71 Å². The van der Waals surface area contributed by atoms with Crippen molar-refractivity contribution in [2.45, 2.75) is 0 Å². The predicted molar refractivity (Wildman–Crippen MR) is 103 cm³/mol. The van der Waals surface area contributed by atoms with Crippen LogP contribution < -0.4 is 4.99 Å². The molecule has 1 atom stereocenters. The van der Waals surface area contributed by atoms with Gasteiger partial charge in [-0.2, -0.15) is 0 Å². The molecule has 116 valence electrons. The van der Waals surface area contributed by atoms with Crippen LogP contribution >= 0.6 is 0 Å². The molecule has 2 aromatic carbocycles. The fourth-order valence-corrected chi connectivity index (χ4v) is 4.56. The Kier molecular flexibility index (Phi) is 2.34.